The summed E-state index contributed by atoms with van der Waals surface area (Å²) in [7, 11) is 1.50. The number of amides is 2. The molecule has 188 valence electrons. The van der Waals surface area contributed by atoms with Crippen LogP contribution in [0.4, 0.5) is 11.4 Å². The minimum absolute atomic E-state index is 0.00706. The number of carbonyl (C=O) groups excluding carboxylic acids is 2. The van der Waals surface area contributed by atoms with Gasteiger partial charge in [0.25, 0.3) is 5.91 Å². The molecule has 0 bridgehead atoms. The van der Waals surface area contributed by atoms with E-state index in [9.17, 15) is 14.9 Å². The highest BCUT2D eigenvalue weighted by Gasteiger charge is 2.36. The van der Waals surface area contributed by atoms with E-state index >= 15 is 0 Å². The van der Waals surface area contributed by atoms with E-state index in [1.807, 2.05) is 18.2 Å². The van der Waals surface area contributed by atoms with Crippen molar-refractivity contribution in [2.45, 2.75) is 12.8 Å². The van der Waals surface area contributed by atoms with Crippen molar-refractivity contribution in [1.29, 1.82) is 5.26 Å². The molecule has 0 unspecified atom stereocenters. The number of hydrogen-bond donors (Lipinski definition) is 3. The summed E-state index contributed by atoms with van der Waals surface area (Å²) in [5, 5.41) is 19.8. The van der Waals surface area contributed by atoms with Gasteiger partial charge in [-0.2, -0.15) is 5.26 Å². The van der Waals surface area contributed by atoms with Crippen molar-refractivity contribution in [3.63, 3.8) is 0 Å². The largest absolute Gasteiger partial charge is 0.495 e. The van der Waals surface area contributed by atoms with E-state index in [0.717, 1.165) is 11.8 Å². The number of benzene rings is 2. The molecule has 37 heavy (non-hydrogen) atoms. The van der Waals surface area contributed by atoms with Crippen molar-refractivity contribution >= 4 is 46.6 Å². The number of thioether (sulfide) groups is 1. The normalized spacial score (nSPS) is 15.0. The van der Waals surface area contributed by atoms with Gasteiger partial charge in [-0.15, -0.1) is 0 Å². The molecule has 2 amide bonds. The molecule has 0 aliphatic carbocycles. The summed E-state index contributed by atoms with van der Waals surface area (Å²) in [5.41, 5.74) is 2.25. The molecule has 0 radical (unpaired) electrons. The monoisotopic (exact) mass is 534 g/mol. The number of ether oxygens (including phenoxy) is 1. The Morgan fingerprint density at radius 2 is 1.95 bits per heavy atom. The summed E-state index contributed by atoms with van der Waals surface area (Å²) in [5.74, 6) is -0.514. The van der Waals surface area contributed by atoms with Crippen LogP contribution >= 0.6 is 23.4 Å². The SMILES string of the molecule is COc1ccc(Cl)cc1NC(=O)CSC1=C(C#N)[C@@H](c2ccco2)C(C(=O)Nc2ccccc2)=C(C)N1. The number of methoxy groups -OCH3 is 1. The van der Waals surface area contributed by atoms with Crippen LogP contribution in [0.1, 0.15) is 18.6 Å². The number of halogens is 1. The third kappa shape index (κ3) is 6.00. The third-order valence-corrected chi connectivity index (χ3v) is 6.79. The molecule has 0 fully saturated rings. The maximum atomic E-state index is 13.3. The number of furan rings is 1. The first-order chi connectivity index (χ1) is 17.9. The first kappa shape index (κ1) is 25.9. The maximum Gasteiger partial charge on any atom is 0.254 e. The van der Waals surface area contributed by atoms with Crippen LogP contribution in [0.25, 0.3) is 0 Å². The van der Waals surface area contributed by atoms with Gasteiger partial charge in [-0.05, 0) is 49.4 Å². The number of hydrogen-bond acceptors (Lipinski definition) is 7. The van der Waals surface area contributed by atoms with Gasteiger partial charge in [0, 0.05) is 16.4 Å². The summed E-state index contributed by atoms with van der Waals surface area (Å²) in [6, 6.07) is 19.6. The van der Waals surface area contributed by atoms with Gasteiger partial charge in [0.2, 0.25) is 5.91 Å². The second-order valence-corrected chi connectivity index (χ2v) is 9.39. The predicted octanol–water partition coefficient (Wildman–Crippen LogP) is 5.65. The Labute approximate surface area is 223 Å². The number of nitriles is 1. The minimum atomic E-state index is -0.747. The highest BCUT2D eigenvalue weighted by Crippen LogP contribution is 2.41. The van der Waals surface area contributed by atoms with E-state index in [-0.39, 0.29) is 23.1 Å². The molecule has 1 aliphatic heterocycles. The fourth-order valence-corrected chi connectivity index (χ4v) is 4.95. The van der Waals surface area contributed by atoms with Crippen LogP contribution < -0.4 is 20.7 Å². The third-order valence-electron chi connectivity index (χ3n) is 5.53. The Balaban J connectivity index is 1.58. The molecule has 4 rings (SSSR count). The van der Waals surface area contributed by atoms with Crippen LogP contribution in [0.5, 0.6) is 5.75 Å². The van der Waals surface area contributed by atoms with Crippen molar-refractivity contribution in [2.75, 3.05) is 23.5 Å². The number of dihydropyridines is 1. The van der Waals surface area contributed by atoms with Gasteiger partial charge < -0.3 is 25.1 Å². The summed E-state index contributed by atoms with van der Waals surface area (Å²) in [6.45, 7) is 1.75. The van der Waals surface area contributed by atoms with Crippen LogP contribution in [0, 0.1) is 11.3 Å². The van der Waals surface area contributed by atoms with Crippen LogP contribution in [-0.2, 0) is 9.59 Å². The topological polar surface area (TPSA) is 116 Å². The van der Waals surface area contributed by atoms with Gasteiger partial charge in [0.15, 0.2) is 0 Å². The van der Waals surface area contributed by atoms with E-state index in [0.29, 0.717) is 44.2 Å². The van der Waals surface area contributed by atoms with Crippen LogP contribution in [0.2, 0.25) is 5.02 Å². The lowest BCUT2D eigenvalue weighted by Crippen LogP contribution is -2.31. The van der Waals surface area contributed by atoms with Gasteiger partial charge in [-0.1, -0.05) is 41.6 Å². The van der Waals surface area contributed by atoms with Crippen molar-refractivity contribution in [1.82, 2.24) is 5.32 Å². The molecule has 1 aliphatic rings. The molecule has 1 atom stereocenters. The van der Waals surface area contributed by atoms with Crippen molar-refractivity contribution in [3.05, 3.63) is 99.6 Å². The fraction of sp³-hybridized carbons (Fsp3) is 0.148. The highest BCUT2D eigenvalue weighted by atomic mass is 35.5. The lowest BCUT2D eigenvalue weighted by atomic mass is 9.85. The standard InChI is InChI=1S/C27H23ClN4O4S/c1-16-24(26(34)31-18-7-4-3-5-8-18)25(22-9-6-12-36-22)19(14-29)27(30-16)37-15-23(33)32-20-13-17(28)10-11-21(20)35-2/h3-13,25,30H,15H2,1-2H3,(H,31,34)(H,32,33)/t25-/m0/s1. The molecule has 0 saturated carbocycles. The number of nitrogens with one attached hydrogen (secondary N) is 3. The van der Waals surface area contributed by atoms with E-state index in [2.05, 4.69) is 22.0 Å². The number of carbonyl (C=O) groups is 2. The van der Waals surface area contributed by atoms with Gasteiger partial charge in [-0.25, -0.2) is 0 Å². The van der Waals surface area contributed by atoms with Crippen molar-refractivity contribution in [2.24, 2.45) is 0 Å². The molecule has 8 nitrogen and oxygen atoms in total. The summed E-state index contributed by atoms with van der Waals surface area (Å²) in [4.78, 5) is 26.1. The molecule has 10 heteroatoms. The van der Waals surface area contributed by atoms with Gasteiger partial charge in [0.1, 0.15) is 11.5 Å². The minimum Gasteiger partial charge on any atom is -0.495 e. The molecule has 3 N–H and O–H groups in total. The average molecular weight is 535 g/mol. The van der Waals surface area contributed by atoms with Crippen LogP contribution in [-0.4, -0.2) is 24.7 Å². The fourth-order valence-electron chi connectivity index (χ4n) is 3.89. The Morgan fingerprint density at radius 1 is 1.16 bits per heavy atom. The first-order valence-corrected chi connectivity index (χ1v) is 12.6. The summed E-state index contributed by atoms with van der Waals surface area (Å²) in [6.07, 6.45) is 1.49. The number of para-hydroxylation sites is 1. The van der Waals surface area contributed by atoms with Gasteiger partial charge >= 0.3 is 0 Å². The second-order valence-electron chi connectivity index (χ2n) is 7.97. The molecule has 2 aromatic carbocycles. The Morgan fingerprint density at radius 3 is 2.62 bits per heavy atom. The van der Waals surface area contributed by atoms with Crippen molar-refractivity contribution in [3.8, 4) is 11.8 Å². The first-order valence-electron chi connectivity index (χ1n) is 11.2. The van der Waals surface area contributed by atoms with E-state index in [1.165, 1.54) is 13.4 Å². The van der Waals surface area contributed by atoms with Crippen LogP contribution in [0.3, 0.4) is 0 Å². The van der Waals surface area contributed by atoms with Gasteiger partial charge in [-0.3, -0.25) is 9.59 Å². The average Bonchev–Trinajstić information content (AvgIpc) is 3.42. The number of rotatable bonds is 8. The zero-order valence-corrected chi connectivity index (χ0v) is 21.6. The molecule has 0 spiro atoms. The Kier molecular flexibility index (Phi) is 8.23. The lowest BCUT2D eigenvalue weighted by molar-refractivity contribution is -0.114. The predicted molar refractivity (Wildman–Crippen MR) is 144 cm³/mol. The summed E-state index contributed by atoms with van der Waals surface area (Å²) >= 11 is 7.20. The van der Waals surface area contributed by atoms with E-state index < -0.39 is 5.92 Å². The zero-order chi connectivity index (χ0) is 26.4. The molecular formula is C27H23ClN4O4S. The number of anilines is 2. The Bertz CT molecular complexity index is 1410. The smallest absolute Gasteiger partial charge is 0.254 e. The molecule has 1 aromatic heterocycles. The number of allylic oxidation sites excluding steroid dienone is 2. The molecular weight excluding hydrogens is 512 g/mol. The molecule has 3 aromatic rings. The molecule has 0 saturated heterocycles. The van der Waals surface area contributed by atoms with E-state index in [4.69, 9.17) is 20.8 Å². The second kappa shape index (κ2) is 11.7. The lowest BCUT2D eigenvalue weighted by Gasteiger charge is -2.28. The maximum absolute atomic E-state index is 13.3. The number of nitrogens with zero attached hydrogens (tertiary/aromatic N) is 1. The van der Waals surface area contributed by atoms with Gasteiger partial charge in [0.05, 0.1) is 53.0 Å². The highest BCUT2D eigenvalue weighted by molar-refractivity contribution is 8.03. The van der Waals surface area contributed by atoms with Crippen molar-refractivity contribution < 1.29 is 18.7 Å². The van der Waals surface area contributed by atoms with Crippen LogP contribution in [0.15, 0.2) is 93.2 Å². The molecule has 2 heterocycles. The summed E-state index contributed by atoms with van der Waals surface area (Å²) < 4.78 is 10.9. The van der Waals surface area contributed by atoms with E-state index in [1.54, 1.807) is 49.4 Å². The zero-order valence-electron chi connectivity index (χ0n) is 20.0. The quantitative estimate of drug-likeness (QED) is 0.342. The Hall–Kier alpha value is -4.13.